The highest BCUT2D eigenvalue weighted by atomic mass is 16.7. The summed E-state index contributed by atoms with van der Waals surface area (Å²) in [6, 6.07) is 9.43. The molecule has 3 rings (SSSR count). The Labute approximate surface area is 147 Å². The standard InChI is InChI=1S/C19H24N2O4/c1-18(2)24-12-15(25-18)8-9-16(22)21-11-10-19(13-21,17(20)23)14-6-4-3-5-7-14/h3-9,15H,10-13H2,1-2H3,(H2,20,23)/b9-8+/t15-,19?/m0/s1. The Hall–Kier alpha value is -2.18. The van der Waals surface area contributed by atoms with E-state index >= 15 is 0 Å². The lowest BCUT2D eigenvalue weighted by Gasteiger charge is -2.26. The summed E-state index contributed by atoms with van der Waals surface area (Å²) in [5.74, 6) is -1.17. The van der Waals surface area contributed by atoms with E-state index < -0.39 is 17.1 Å². The zero-order chi connectivity index (χ0) is 18.1. The molecule has 2 aliphatic heterocycles. The Morgan fingerprint density at radius 3 is 2.60 bits per heavy atom. The lowest BCUT2D eigenvalue weighted by Crippen LogP contribution is -2.44. The molecule has 2 aliphatic rings. The Bertz CT molecular complexity index is 686. The first-order valence-corrected chi connectivity index (χ1v) is 8.47. The summed E-state index contributed by atoms with van der Waals surface area (Å²) in [7, 11) is 0. The Morgan fingerprint density at radius 1 is 1.28 bits per heavy atom. The molecule has 1 aromatic carbocycles. The molecule has 25 heavy (non-hydrogen) atoms. The van der Waals surface area contributed by atoms with Crippen LogP contribution in [0.2, 0.25) is 0 Å². The van der Waals surface area contributed by atoms with Gasteiger partial charge in [0.1, 0.15) is 6.10 Å². The molecule has 0 bridgehead atoms. The smallest absolute Gasteiger partial charge is 0.246 e. The minimum absolute atomic E-state index is 0.146. The van der Waals surface area contributed by atoms with Crippen molar-refractivity contribution in [3.63, 3.8) is 0 Å². The molecular weight excluding hydrogens is 320 g/mol. The van der Waals surface area contributed by atoms with Gasteiger partial charge in [0.15, 0.2) is 5.79 Å². The molecule has 1 aromatic rings. The molecule has 1 unspecified atom stereocenters. The van der Waals surface area contributed by atoms with Crippen molar-refractivity contribution in [2.75, 3.05) is 19.7 Å². The Kier molecular flexibility index (Phi) is 4.67. The first kappa shape index (κ1) is 17.6. The molecule has 2 amide bonds. The summed E-state index contributed by atoms with van der Waals surface area (Å²) >= 11 is 0. The van der Waals surface area contributed by atoms with Crippen molar-refractivity contribution in [2.45, 2.75) is 37.6 Å². The van der Waals surface area contributed by atoms with Crippen molar-refractivity contribution >= 4 is 11.8 Å². The molecule has 2 saturated heterocycles. The highest BCUT2D eigenvalue weighted by Gasteiger charge is 2.45. The molecule has 0 spiro atoms. The summed E-state index contributed by atoms with van der Waals surface area (Å²) in [6.07, 6.45) is 3.50. The van der Waals surface area contributed by atoms with Gasteiger partial charge in [-0.3, -0.25) is 9.59 Å². The van der Waals surface area contributed by atoms with E-state index in [4.69, 9.17) is 15.2 Å². The number of benzene rings is 1. The van der Waals surface area contributed by atoms with Gasteiger partial charge in [0.05, 0.1) is 12.0 Å². The van der Waals surface area contributed by atoms with Crippen LogP contribution in [0.15, 0.2) is 42.5 Å². The van der Waals surface area contributed by atoms with Gasteiger partial charge in [-0.15, -0.1) is 0 Å². The minimum Gasteiger partial charge on any atom is -0.369 e. The van der Waals surface area contributed by atoms with E-state index in [1.165, 1.54) is 6.08 Å². The van der Waals surface area contributed by atoms with Crippen molar-refractivity contribution in [2.24, 2.45) is 5.73 Å². The molecule has 0 radical (unpaired) electrons. The Balaban J connectivity index is 1.69. The molecule has 2 atom stereocenters. The maximum absolute atomic E-state index is 12.5. The lowest BCUT2D eigenvalue weighted by atomic mass is 9.79. The molecule has 6 heteroatoms. The van der Waals surface area contributed by atoms with Gasteiger partial charge in [0.25, 0.3) is 0 Å². The number of rotatable bonds is 4. The molecule has 0 saturated carbocycles. The SMILES string of the molecule is CC1(C)OC[C@H](/C=C/C(=O)N2CCC(C(N)=O)(c3ccccc3)C2)O1. The van der Waals surface area contributed by atoms with Crippen molar-refractivity contribution in [1.29, 1.82) is 0 Å². The summed E-state index contributed by atoms with van der Waals surface area (Å²) in [4.78, 5) is 26.3. The van der Waals surface area contributed by atoms with Crippen molar-refractivity contribution in [3.05, 3.63) is 48.0 Å². The van der Waals surface area contributed by atoms with Crippen LogP contribution in [0.3, 0.4) is 0 Å². The average Bonchev–Trinajstić information content (AvgIpc) is 3.18. The largest absolute Gasteiger partial charge is 0.369 e. The van der Waals surface area contributed by atoms with E-state index in [9.17, 15) is 9.59 Å². The number of hydrogen-bond acceptors (Lipinski definition) is 4. The van der Waals surface area contributed by atoms with E-state index in [1.807, 2.05) is 44.2 Å². The molecule has 0 aromatic heterocycles. The maximum atomic E-state index is 12.5. The van der Waals surface area contributed by atoms with Crippen LogP contribution in [0, 0.1) is 0 Å². The Morgan fingerprint density at radius 2 is 2.00 bits per heavy atom. The van der Waals surface area contributed by atoms with Crippen molar-refractivity contribution in [1.82, 2.24) is 4.90 Å². The van der Waals surface area contributed by atoms with E-state index in [2.05, 4.69) is 0 Å². The lowest BCUT2D eigenvalue weighted by molar-refractivity contribution is -0.133. The highest BCUT2D eigenvalue weighted by Crippen LogP contribution is 2.34. The quantitative estimate of drug-likeness (QED) is 0.836. The number of hydrogen-bond donors (Lipinski definition) is 1. The number of primary amides is 1. The van der Waals surface area contributed by atoms with E-state index in [0.717, 1.165) is 5.56 Å². The van der Waals surface area contributed by atoms with Gasteiger partial charge < -0.3 is 20.1 Å². The van der Waals surface area contributed by atoms with Gasteiger partial charge in [-0.2, -0.15) is 0 Å². The number of likely N-dealkylation sites (tertiary alicyclic amines) is 1. The van der Waals surface area contributed by atoms with Gasteiger partial charge >= 0.3 is 0 Å². The van der Waals surface area contributed by atoms with Crippen molar-refractivity contribution < 1.29 is 19.1 Å². The van der Waals surface area contributed by atoms with Gasteiger partial charge in [0, 0.05) is 19.2 Å². The van der Waals surface area contributed by atoms with Gasteiger partial charge in [-0.25, -0.2) is 0 Å². The van der Waals surface area contributed by atoms with Gasteiger partial charge in [-0.05, 0) is 31.9 Å². The number of carbonyl (C=O) groups excluding carboxylic acids is 2. The minimum atomic E-state index is -0.820. The second-order valence-corrected chi connectivity index (χ2v) is 7.05. The number of carbonyl (C=O) groups is 2. The van der Waals surface area contributed by atoms with Crippen LogP contribution in [0.4, 0.5) is 0 Å². The molecule has 2 fully saturated rings. The molecule has 134 valence electrons. The molecular formula is C19H24N2O4. The van der Waals surface area contributed by atoms with Gasteiger partial charge in [-0.1, -0.05) is 30.3 Å². The summed E-state index contributed by atoms with van der Waals surface area (Å²) < 4.78 is 11.1. The number of nitrogens with zero attached hydrogens (tertiary/aromatic N) is 1. The fourth-order valence-corrected chi connectivity index (χ4v) is 3.44. The molecule has 2 N–H and O–H groups in total. The third kappa shape index (κ3) is 3.60. The zero-order valence-corrected chi connectivity index (χ0v) is 14.6. The number of nitrogens with two attached hydrogens (primary N) is 1. The predicted octanol–water partition coefficient (Wildman–Crippen LogP) is 1.35. The van der Waals surface area contributed by atoms with E-state index in [-0.39, 0.29) is 12.0 Å². The fraction of sp³-hybridized carbons (Fsp3) is 0.474. The normalized spacial score (nSPS) is 28.6. The number of ether oxygens (including phenoxy) is 2. The number of amides is 2. The van der Waals surface area contributed by atoms with E-state index in [0.29, 0.717) is 26.1 Å². The second-order valence-electron chi connectivity index (χ2n) is 7.05. The van der Waals surface area contributed by atoms with Crippen LogP contribution in [-0.2, 0) is 24.5 Å². The highest BCUT2D eigenvalue weighted by molar-refractivity contribution is 5.92. The summed E-state index contributed by atoms with van der Waals surface area (Å²) in [5, 5.41) is 0. The third-order valence-corrected chi connectivity index (χ3v) is 4.86. The van der Waals surface area contributed by atoms with Crippen LogP contribution in [0.1, 0.15) is 25.8 Å². The molecule has 6 nitrogen and oxygen atoms in total. The van der Waals surface area contributed by atoms with Crippen LogP contribution in [0.5, 0.6) is 0 Å². The van der Waals surface area contributed by atoms with Crippen molar-refractivity contribution in [3.8, 4) is 0 Å². The zero-order valence-electron chi connectivity index (χ0n) is 14.6. The topological polar surface area (TPSA) is 81.9 Å². The predicted molar refractivity (Wildman–Crippen MR) is 92.6 cm³/mol. The van der Waals surface area contributed by atoms with Crippen LogP contribution < -0.4 is 5.73 Å². The average molecular weight is 344 g/mol. The molecule has 2 heterocycles. The van der Waals surface area contributed by atoms with E-state index in [1.54, 1.807) is 11.0 Å². The third-order valence-electron chi connectivity index (χ3n) is 4.86. The monoisotopic (exact) mass is 344 g/mol. The molecule has 0 aliphatic carbocycles. The fourth-order valence-electron chi connectivity index (χ4n) is 3.44. The summed E-state index contributed by atoms with van der Waals surface area (Å²) in [6.45, 7) is 4.89. The van der Waals surface area contributed by atoms with Crippen LogP contribution in [0.25, 0.3) is 0 Å². The first-order chi connectivity index (χ1) is 11.8. The van der Waals surface area contributed by atoms with Crippen LogP contribution >= 0.6 is 0 Å². The van der Waals surface area contributed by atoms with Crippen LogP contribution in [-0.4, -0.2) is 48.3 Å². The second kappa shape index (κ2) is 6.61. The first-order valence-electron chi connectivity index (χ1n) is 8.47. The van der Waals surface area contributed by atoms with Gasteiger partial charge in [0.2, 0.25) is 11.8 Å². The summed E-state index contributed by atoms with van der Waals surface area (Å²) in [5.41, 5.74) is 5.74. The maximum Gasteiger partial charge on any atom is 0.246 e.